The lowest BCUT2D eigenvalue weighted by Crippen LogP contribution is -2.48. The molecule has 1 N–H and O–H groups in total. The average molecular weight is 478 g/mol. The van der Waals surface area contributed by atoms with Gasteiger partial charge in [-0.25, -0.2) is 4.39 Å². The molecule has 8 heteroatoms. The number of aryl methyl sites for hydroxylation is 1. The van der Waals surface area contributed by atoms with Crippen LogP contribution in [0.15, 0.2) is 60.7 Å². The van der Waals surface area contributed by atoms with E-state index in [0.29, 0.717) is 18.0 Å². The molecular formula is C26H28FN5OS. The van der Waals surface area contributed by atoms with E-state index in [1.807, 2.05) is 23.7 Å². The van der Waals surface area contributed by atoms with E-state index in [-0.39, 0.29) is 11.7 Å². The molecule has 0 spiro atoms. The van der Waals surface area contributed by atoms with E-state index in [2.05, 4.69) is 44.5 Å². The molecule has 3 heterocycles. The zero-order chi connectivity index (χ0) is 23.5. The van der Waals surface area contributed by atoms with E-state index >= 15 is 0 Å². The van der Waals surface area contributed by atoms with Crippen LogP contribution in [0.2, 0.25) is 0 Å². The van der Waals surface area contributed by atoms with Crippen LogP contribution in [0.1, 0.15) is 20.9 Å². The summed E-state index contributed by atoms with van der Waals surface area (Å²) in [7, 11) is 0. The maximum absolute atomic E-state index is 13.2. The molecule has 5 rings (SSSR count). The van der Waals surface area contributed by atoms with Crippen molar-refractivity contribution in [1.29, 1.82) is 0 Å². The molecule has 0 unspecified atom stereocenters. The van der Waals surface area contributed by atoms with Crippen LogP contribution in [0.5, 0.6) is 0 Å². The monoisotopic (exact) mass is 477 g/mol. The quantitative estimate of drug-likeness (QED) is 0.435. The van der Waals surface area contributed by atoms with Gasteiger partial charge in [0.15, 0.2) is 0 Å². The van der Waals surface area contributed by atoms with E-state index in [1.165, 1.54) is 29.2 Å². The topological polar surface area (TPSA) is 53.4 Å². The molecule has 0 radical (unpaired) electrons. The van der Waals surface area contributed by atoms with Crippen LogP contribution in [-0.2, 0) is 6.54 Å². The SMILES string of the molecule is Cc1nn(Cc2ccc(F)cc2)c2sc(C(=O)NCCN3CCN(c4ccccc4)CC3)cc12. The number of aromatic nitrogens is 2. The number of nitrogens with one attached hydrogen (secondary N) is 1. The molecule has 1 aliphatic rings. The molecule has 0 saturated carbocycles. The molecule has 1 aliphatic heterocycles. The normalized spacial score (nSPS) is 14.6. The number of fused-ring (bicyclic) bond motifs is 1. The predicted molar refractivity (Wildman–Crippen MR) is 135 cm³/mol. The van der Waals surface area contributed by atoms with Crippen molar-refractivity contribution >= 4 is 33.1 Å². The van der Waals surface area contributed by atoms with Gasteiger partial charge in [-0.05, 0) is 42.8 Å². The zero-order valence-corrected chi connectivity index (χ0v) is 20.0. The summed E-state index contributed by atoms with van der Waals surface area (Å²) < 4.78 is 15.1. The van der Waals surface area contributed by atoms with E-state index in [0.717, 1.165) is 54.2 Å². The Morgan fingerprint density at radius 1 is 1.06 bits per heavy atom. The Bertz CT molecular complexity index is 1260. The van der Waals surface area contributed by atoms with E-state index in [9.17, 15) is 9.18 Å². The minimum absolute atomic E-state index is 0.0446. The van der Waals surface area contributed by atoms with Crippen LogP contribution in [0, 0.1) is 12.7 Å². The van der Waals surface area contributed by atoms with Gasteiger partial charge in [0.05, 0.1) is 17.1 Å². The van der Waals surface area contributed by atoms with E-state index < -0.39 is 0 Å². The van der Waals surface area contributed by atoms with Crippen LogP contribution >= 0.6 is 11.3 Å². The molecule has 2 aromatic heterocycles. The summed E-state index contributed by atoms with van der Waals surface area (Å²) in [5.41, 5.74) is 3.13. The number of amides is 1. The third kappa shape index (κ3) is 4.98. The fourth-order valence-electron chi connectivity index (χ4n) is 4.38. The molecule has 4 aromatic rings. The molecule has 2 aromatic carbocycles. The number of carbonyl (C=O) groups excluding carboxylic acids is 1. The summed E-state index contributed by atoms with van der Waals surface area (Å²) in [5, 5.41) is 8.68. The maximum atomic E-state index is 13.2. The van der Waals surface area contributed by atoms with Crippen LogP contribution in [-0.4, -0.2) is 59.9 Å². The predicted octanol–water partition coefficient (Wildman–Crippen LogP) is 4.15. The van der Waals surface area contributed by atoms with Gasteiger partial charge in [-0.1, -0.05) is 30.3 Å². The first-order valence-corrected chi connectivity index (χ1v) is 12.4. The molecule has 1 saturated heterocycles. The standard InChI is InChI=1S/C26H28FN5OS/c1-19-23-17-24(34-26(23)32(29-19)18-20-7-9-21(27)10-8-20)25(33)28-11-12-30-13-15-31(16-14-30)22-5-3-2-4-6-22/h2-10,17H,11-16,18H2,1H3,(H,28,33). The molecule has 34 heavy (non-hydrogen) atoms. The smallest absolute Gasteiger partial charge is 0.261 e. The second kappa shape index (κ2) is 9.95. The molecule has 0 aliphatic carbocycles. The number of para-hydroxylation sites is 1. The van der Waals surface area contributed by atoms with Crippen molar-refractivity contribution in [2.24, 2.45) is 0 Å². The number of nitrogens with zero attached hydrogens (tertiary/aromatic N) is 4. The first-order valence-electron chi connectivity index (χ1n) is 11.6. The van der Waals surface area contributed by atoms with Crippen molar-refractivity contribution in [3.8, 4) is 0 Å². The lowest BCUT2D eigenvalue weighted by Gasteiger charge is -2.36. The molecule has 0 bridgehead atoms. The van der Waals surface area contributed by atoms with Gasteiger partial charge in [0, 0.05) is 50.3 Å². The average Bonchev–Trinajstić information content (AvgIpc) is 3.43. The van der Waals surface area contributed by atoms with Crippen molar-refractivity contribution in [1.82, 2.24) is 20.0 Å². The second-order valence-electron chi connectivity index (χ2n) is 8.62. The molecule has 1 fully saturated rings. The van der Waals surface area contributed by atoms with Gasteiger partial charge in [-0.3, -0.25) is 14.4 Å². The lowest BCUT2D eigenvalue weighted by molar-refractivity contribution is 0.0952. The van der Waals surface area contributed by atoms with Crippen LogP contribution in [0.4, 0.5) is 10.1 Å². The van der Waals surface area contributed by atoms with Gasteiger partial charge in [0.25, 0.3) is 5.91 Å². The fourth-order valence-corrected chi connectivity index (χ4v) is 5.45. The van der Waals surface area contributed by atoms with Crippen LogP contribution in [0.3, 0.4) is 0 Å². The van der Waals surface area contributed by atoms with Crippen molar-refractivity contribution in [2.45, 2.75) is 13.5 Å². The molecule has 0 atom stereocenters. The van der Waals surface area contributed by atoms with Crippen molar-refractivity contribution in [2.75, 3.05) is 44.2 Å². The minimum atomic E-state index is -0.251. The van der Waals surface area contributed by atoms with Crippen LogP contribution < -0.4 is 10.2 Å². The lowest BCUT2D eigenvalue weighted by atomic mass is 10.2. The number of rotatable bonds is 7. The molecule has 176 valence electrons. The first-order chi connectivity index (χ1) is 16.6. The van der Waals surface area contributed by atoms with E-state index in [1.54, 1.807) is 12.1 Å². The van der Waals surface area contributed by atoms with Crippen LogP contribution in [0.25, 0.3) is 10.2 Å². The van der Waals surface area contributed by atoms with Gasteiger partial charge in [0.1, 0.15) is 10.6 Å². The fraction of sp³-hybridized carbons (Fsp3) is 0.308. The van der Waals surface area contributed by atoms with Crippen molar-refractivity contribution in [3.05, 3.63) is 82.6 Å². The van der Waals surface area contributed by atoms with Gasteiger partial charge < -0.3 is 10.2 Å². The van der Waals surface area contributed by atoms with Crippen molar-refractivity contribution in [3.63, 3.8) is 0 Å². The molecule has 6 nitrogen and oxygen atoms in total. The Hall–Kier alpha value is -3.23. The summed E-state index contributed by atoms with van der Waals surface area (Å²) in [6, 6.07) is 18.9. The number of hydrogen-bond donors (Lipinski definition) is 1. The van der Waals surface area contributed by atoms with Gasteiger partial charge in [0.2, 0.25) is 0 Å². The number of carbonyl (C=O) groups is 1. The first kappa shape index (κ1) is 22.6. The van der Waals surface area contributed by atoms with Gasteiger partial charge in [-0.2, -0.15) is 5.10 Å². The highest BCUT2D eigenvalue weighted by Crippen LogP contribution is 2.29. The number of piperazine rings is 1. The largest absolute Gasteiger partial charge is 0.369 e. The minimum Gasteiger partial charge on any atom is -0.369 e. The Morgan fingerprint density at radius 3 is 2.53 bits per heavy atom. The summed E-state index contributed by atoms with van der Waals surface area (Å²) in [6.07, 6.45) is 0. The van der Waals surface area contributed by atoms with E-state index in [4.69, 9.17) is 0 Å². The Labute approximate surface area is 202 Å². The molecule has 1 amide bonds. The number of hydrogen-bond acceptors (Lipinski definition) is 5. The molecular weight excluding hydrogens is 449 g/mol. The third-order valence-electron chi connectivity index (χ3n) is 6.28. The highest BCUT2D eigenvalue weighted by atomic mass is 32.1. The van der Waals surface area contributed by atoms with Gasteiger partial charge in [-0.15, -0.1) is 11.3 Å². The highest BCUT2D eigenvalue weighted by Gasteiger charge is 2.19. The Balaban J connectivity index is 1.15. The third-order valence-corrected chi connectivity index (χ3v) is 7.43. The summed E-state index contributed by atoms with van der Waals surface area (Å²) >= 11 is 1.45. The Morgan fingerprint density at radius 2 is 1.79 bits per heavy atom. The number of halogens is 1. The number of thiophene rings is 1. The zero-order valence-electron chi connectivity index (χ0n) is 19.2. The number of anilines is 1. The van der Waals surface area contributed by atoms with Gasteiger partial charge >= 0.3 is 0 Å². The van der Waals surface area contributed by atoms with Crippen molar-refractivity contribution < 1.29 is 9.18 Å². The summed E-state index contributed by atoms with van der Waals surface area (Å²) in [4.78, 5) is 19.3. The maximum Gasteiger partial charge on any atom is 0.261 e. The number of benzene rings is 2. The summed E-state index contributed by atoms with van der Waals surface area (Å²) in [6.45, 7) is 7.94. The highest BCUT2D eigenvalue weighted by molar-refractivity contribution is 7.20. The summed E-state index contributed by atoms with van der Waals surface area (Å²) in [5.74, 6) is -0.296. The second-order valence-corrected chi connectivity index (χ2v) is 9.65. The Kier molecular flexibility index (Phi) is 6.60.